The fraction of sp³-hybridized carbons (Fsp3) is 0.122. The Morgan fingerprint density at radius 3 is 0.976 bits per heavy atom. The first-order valence-corrected chi connectivity index (χ1v) is 14.8. The summed E-state index contributed by atoms with van der Waals surface area (Å²) in [5, 5.41) is 0. The third-order valence-corrected chi connectivity index (χ3v) is 9.22. The molecule has 0 aliphatic heterocycles. The first-order chi connectivity index (χ1) is 20.2. The van der Waals surface area contributed by atoms with Crippen LogP contribution >= 0.6 is 0 Å². The summed E-state index contributed by atoms with van der Waals surface area (Å²) in [4.78, 5) is 0. The monoisotopic (exact) mass is 526 g/mol. The molecule has 0 amide bonds. The van der Waals surface area contributed by atoms with Crippen molar-refractivity contribution in [3.05, 3.63) is 157 Å². The fourth-order valence-corrected chi connectivity index (χ4v) is 6.84. The van der Waals surface area contributed by atoms with Crippen molar-refractivity contribution in [1.82, 2.24) is 0 Å². The van der Waals surface area contributed by atoms with Crippen LogP contribution in [0.15, 0.2) is 146 Å². The maximum atomic E-state index is 2.47. The normalized spacial score (nSPS) is 13.0. The number of rotatable bonds is 6. The van der Waals surface area contributed by atoms with Crippen molar-refractivity contribution in [2.24, 2.45) is 0 Å². The topological polar surface area (TPSA) is 0 Å². The summed E-state index contributed by atoms with van der Waals surface area (Å²) < 4.78 is 0. The molecule has 6 aromatic carbocycles. The van der Waals surface area contributed by atoms with E-state index in [1.807, 2.05) is 0 Å². The Bertz CT molecular complexity index is 1670. The van der Waals surface area contributed by atoms with Crippen LogP contribution in [0.3, 0.4) is 0 Å². The zero-order chi connectivity index (χ0) is 27.8. The van der Waals surface area contributed by atoms with Gasteiger partial charge in [-0.3, -0.25) is 0 Å². The molecule has 1 aliphatic carbocycles. The highest BCUT2D eigenvalue weighted by molar-refractivity contribution is 5.86. The molecule has 6 aromatic rings. The average molecular weight is 527 g/mol. The quantitative estimate of drug-likeness (QED) is 0.202. The standard InChI is InChI=1S/C41H34/c1-3-41(4-2)39-27-35(33-19-15-31(16-20-33)29-11-7-5-8-12-29)23-25-37(39)38-26-24-36(28-40(38)41)34-21-17-32(18-22-34)30-13-9-6-10-14-30/h5-28H,3-4H2,1-2H3. The Kier molecular flexibility index (Phi) is 6.40. The third-order valence-electron chi connectivity index (χ3n) is 9.22. The maximum Gasteiger partial charge on any atom is 0.0210 e. The van der Waals surface area contributed by atoms with Crippen LogP contribution < -0.4 is 0 Å². The maximum absolute atomic E-state index is 2.47. The molecule has 0 saturated heterocycles. The van der Waals surface area contributed by atoms with Crippen LogP contribution in [-0.4, -0.2) is 0 Å². The van der Waals surface area contributed by atoms with Crippen LogP contribution in [0.1, 0.15) is 37.8 Å². The van der Waals surface area contributed by atoms with Crippen LogP contribution in [0.4, 0.5) is 0 Å². The van der Waals surface area contributed by atoms with Crippen LogP contribution in [-0.2, 0) is 5.41 Å². The lowest BCUT2D eigenvalue weighted by atomic mass is 9.73. The van der Waals surface area contributed by atoms with Gasteiger partial charge in [0.2, 0.25) is 0 Å². The predicted molar refractivity (Wildman–Crippen MR) is 175 cm³/mol. The minimum Gasteiger partial charge on any atom is -0.0642 e. The second-order valence-corrected chi connectivity index (χ2v) is 11.2. The highest BCUT2D eigenvalue weighted by atomic mass is 14.4. The van der Waals surface area contributed by atoms with E-state index >= 15 is 0 Å². The average Bonchev–Trinajstić information content (AvgIpc) is 3.34. The Balaban J connectivity index is 1.25. The van der Waals surface area contributed by atoms with Gasteiger partial charge in [-0.15, -0.1) is 0 Å². The predicted octanol–water partition coefficient (Wildman–Crippen LogP) is 11.4. The zero-order valence-electron chi connectivity index (χ0n) is 23.8. The van der Waals surface area contributed by atoms with Gasteiger partial charge in [-0.1, -0.05) is 147 Å². The fourth-order valence-electron chi connectivity index (χ4n) is 6.84. The molecule has 41 heavy (non-hydrogen) atoms. The van der Waals surface area contributed by atoms with Gasteiger partial charge >= 0.3 is 0 Å². The lowest BCUT2D eigenvalue weighted by Crippen LogP contribution is -2.23. The highest BCUT2D eigenvalue weighted by Gasteiger charge is 2.40. The van der Waals surface area contributed by atoms with E-state index in [0.717, 1.165) is 12.8 Å². The molecule has 0 nitrogen and oxygen atoms in total. The van der Waals surface area contributed by atoms with E-state index in [9.17, 15) is 0 Å². The van der Waals surface area contributed by atoms with E-state index in [1.165, 1.54) is 66.8 Å². The van der Waals surface area contributed by atoms with Gasteiger partial charge in [0.25, 0.3) is 0 Å². The molecule has 0 radical (unpaired) electrons. The van der Waals surface area contributed by atoms with Gasteiger partial charge in [-0.2, -0.15) is 0 Å². The van der Waals surface area contributed by atoms with Crippen molar-refractivity contribution in [2.75, 3.05) is 0 Å². The van der Waals surface area contributed by atoms with E-state index in [4.69, 9.17) is 0 Å². The summed E-state index contributed by atoms with van der Waals surface area (Å²) in [5.41, 5.74) is 15.9. The van der Waals surface area contributed by atoms with Crippen molar-refractivity contribution in [1.29, 1.82) is 0 Å². The molecule has 0 bridgehead atoms. The molecular formula is C41H34. The van der Waals surface area contributed by atoms with Crippen LogP contribution in [0.25, 0.3) is 55.6 Å². The Hall–Kier alpha value is -4.68. The molecule has 0 fully saturated rings. The minimum absolute atomic E-state index is 0.0185. The lowest BCUT2D eigenvalue weighted by Gasteiger charge is -2.30. The van der Waals surface area contributed by atoms with Crippen LogP contribution in [0.5, 0.6) is 0 Å². The molecule has 0 unspecified atom stereocenters. The van der Waals surface area contributed by atoms with Gasteiger partial charge in [-0.05, 0) is 91.7 Å². The molecular weight excluding hydrogens is 492 g/mol. The summed E-state index contributed by atoms with van der Waals surface area (Å²) in [5.74, 6) is 0. The highest BCUT2D eigenvalue weighted by Crippen LogP contribution is 2.54. The van der Waals surface area contributed by atoms with Gasteiger partial charge in [0.1, 0.15) is 0 Å². The SMILES string of the molecule is CCC1(CC)c2cc(-c3ccc(-c4ccccc4)cc3)ccc2-c2ccc(-c3ccc(-c4ccccc4)cc3)cc21. The third kappa shape index (κ3) is 4.32. The zero-order valence-corrected chi connectivity index (χ0v) is 23.8. The summed E-state index contributed by atoms with van der Waals surface area (Å²) in [6.45, 7) is 4.70. The summed E-state index contributed by atoms with van der Waals surface area (Å²) in [6.07, 6.45) is 2.16. The van der Waals surface area contributed by atoms with Crippen molar-refractivity contribution in [3.8, 4) is 55.6 Å². The molecule has 0 atom stereocenters. The van der Waals surface area contributed by atoms with E-state index < -0.39 is 0 Å². The van der Waals surface area contributed by atoms with E-state index in [-0.39, 0.29) is 5.41 Å². The molecule has 1 aliphatic rings. The van der Waals surface area contributed by atoms with Gasteiger partial charge in [0, 0.05) is 5.41 Å². The minimum atomic E-state index is 0.0185. The van der Waals surface area contributed by atoms with Crippen LogP contribution in [0, 0.1) is 0 Å². The lowest BCUT2D eigenvalue weighted by molar-refractivity contribution is 0.491. The molecule has 0 N–H and O–H groups in total. The van der Waals surface area contributed by atoms with Crippen molar-refractivity contribution >= 4 is 0 Å². The van der Waals surface area contributed by atoms with Crippen molar-refractivity contribution in [3.63, 3.8) is 0 Å². The van der Waals surface area contributed by atoms with E-state index in [2.05, 4.69) is 159 Å². The number of hydrogen-bond acceptors (Lipinski definition) is 0. The summed E-state index contributed by atoms with van der Waals surface area (Å²) >= 11 is 0. The second kappa shape index (κ2) is 10.4. The number of fused-ring (bicyclic) bond motifs is 3. The molecule has 198 valence electrons. The second-order valence-electron chi connectivity index (χ2n) is 11.2. The summed E-state index contributed by atoms with van der Waals surface area (Å²) in [7, 11) is 0. The number of benzene rings is 6. The van der Waals surface area contributed by atoms with Crippen molar-refractivity contribution in [2.45, 2.75) is 32.1 Å². The first-order valence-electron chi connectivity index (χ1n) is 14.8. The molecule has 0 heteroatoms. The molecule has 0 saturated carbocycles. The van der Waals surface area contributed by atoms with E-state index in [0.29, 0.717) is 0 Å². The Morgan fingerprint density at radius 2 is 0.634 bits per heavy atom. The first kappa shape index (κ1) is 25.3. The Morgan fingerprint density at radius 1 is 0.341 bits per heavy atom. The van der Waals surface area contributed by atoms with Crippen LogP contribution in [0.2, 0.25) is 0 Å². The molecule has 0 spiro atoms. The molecule has 7 rings (SSSR count). The van der Waals surface area contributed by atoms with Gasteiger partial charge in [0.05, 0.1) is 0 Å². The molecule has 0 heterocycles. The number of hydrogen-bond donors (Lipinski definition) is 0. The van der Waals surface area contributed by atoms with Gasteiger partial charge in [-0.25, -0.2) is 0 Å². The smallest absolute Gasteiger partial charge is 0.0210 e. The van der Waals surface area contributed by atoms with Crippen molar-refractivity contribution < 1.29 is 0 Å². The Labute approximate surface area is 244 Å². The molecule has 0 aromatic heterocycles. The van der Waals surface area contributed by atoms with E-state index in [1.54, 1.807) is 0 Å². The summed E-state index contributed by atoms with van der Waals surface area (Å²) in [6, 6.07) is 53.5. The van der Waals surface area contributed by atoms with Gasteiger partial charge in [0.15, 0.2) is 0 Å². The van der Waals surface area contributed by atoms with Gasteiger partial charge < -0.3 is 0 Å². The largest absolute Gasteiger partial charge is 0.0642 e.